The van der Waals surface area contributed by atoms with Gasteiger partial charge in [-0.2, -0.15) is 0 Å². The zero-order chi connectivity index (χ0) is 24.2. The minimum absolute atomic E-state index is 0.0220. The van der Waals surface area contributed by atoms with Crippen LogP contribution in [0.2, 0.25) is 0 Å². The number of hydrogen-bond acceptors (Lipinski definition) is 7. The normalized spacial score (nSPS) is 10.8. The van der Waals surface area contributed by atoms with Crippen molar-refractivity contribution in [3.05, 3.63) is 83.2 Å². The smallest absolute Gasteiger partial charge is 0.216 e. The molecule has 0 saturated carbocycles. The number of benzene rings is 1. The molecule has 1 aromatic carbocycles. The Morgan fingerprint density at radius 1 is 0.971 bits per heavy atom. The maximum absolute atomic E-state index is 13.5. The third-order valence-electron chi connectivity index (χ3n) is 5.32. The number of carbonyl (C=O) groups excluding carboxylic acids is 1. The van der Waals surface area contributed by atoms with Crippen LogP contribution in [0.5, 0.6) is 5.88 Å². The van der Waals surface area contributed by atoms with Crippen molar-refractivity contribution in [1.29, 1.82) is 0 Å². The van der Waals surface area contributed by atoms with Gasteiger partial charge in [-0.3, -0.25) is 9.78 Å². The summed E-state index contributed by atoms with van der Waals surface area (Å²) in [6.45, 7) is 3.76. The molecule has 3 aromatic heterocycles. The Morgan fingerprint density at radius 2 is 1.65 bits per heavy atom. The number of anilines is 1. The van der Waals surface area contributed by atoms with Crippen molar-refractivity contribution in [2.45, 2.75) is 26.7 Å². The summed E-state index contributed by atoms with van der Waals surface area (Å²) in [5.74, 6) is -0.108. The lowest BCUT2D eigenvalue weighted by Gasteiger charge is -2.14. The number of halogens is 1. The number of ketones is 1. The maximum Gasteiger partial charge on any atom is 0.216 e. The van der Waals surface area contributed by atoms with Gasteiger partial charge in [-0.05, 0) is 62.7 Å². The lowest BCUT2D eigenvalue weighted by atomic mass is 10.0. The summed E-state index contributed by atoms with van der Waals surface area (Å²) in [5, 5.41) is 0. The van der Waals surface area contributed by atoms with Crippen molar-refractivity contribution < 1.29 is 13.9 Å². The van der Waals surface area contributed by atoms with Crippen LogP contribution in [0.15, 0.2) is 54.7 Å². The van der Waals surface area contributed by atoms with Crippen LogP contribution in [0.3, 0.4) is 0 Å². The second-order valence-corrected chi connectivity index (χ2v) is 7.90. The van der Waals surface area contributed by atoms with Crippen LogP contribution in [0.4, 0.5) is 10.2 Å². The number of carbonyl (C=O) groups is 1. The largest absolute Gasteiger partial charge is 0.481 e. The summed E-state index contributed by atoms with van der Waals surface area (Å²) < 4.78 is 18.8. The predicted molar refractivity (Wildman–Crippen MR) is 128 cm³/mol. The Bertz CT molecular complexity index is 1340. The Kier molecular flexibility index (Phi) is 6.58. The lowest BCUT2D eigenvalue weighted by molar-refractivity contribution is 0.0978. The van der Waals surface area contributed by atoms with Crippen LogP contribution in [-0.2, 0) is 6.42 Å². The van der Waals surface area contributed by atoms with Crippen molar-refractivity contribution in [3.8, 4) is 28.4 Å². The molecular weight excluding hydrogens is 433 g/mol. The van der Waals surface area contributed by atoms with E-state index in [1.807, 2.05) is 32.0 Å². The number of aromatic nitrogens is 4. The zero-order valence-electron chi connectivity index (χ0n) is 19.2. The molecule has 0 atom stereocenters. The van der Waals surface area contributed by atoms with E-state index in [2.05, 4.69) is 19.9 Å². The number of hydrogen-bond donors (Lipinski definition) is 1. The van der Waals surface area contributed by atoms with Crippen LogP contribution < -0.4 is 10.5 Å². The zero-order valence-corrected chi connectivity index (χ0v) is 19.2. The summed E-state index contributed by atoms with van der Waals surface area (Å²) in [7, 11) is 1.54. The molecule has 3 heterocycles. The van der Waals surface area contributed by atoms with E-state index in [1.54, 1.807) is 24.4 Å². The minimum Gasteiger partial charge on any atom is -0.481 e. The summed E-state index contributed by atoms with van der Waals surface area (Å²) in [6, 6.07) is 13.3. The maximum atomic E-state index is 13.5. The van der Waals surface area contributed by atoms with E-state index in [1.165, 1.54) is 19.2 Å². The van der Waals surface area contributed by atoms with Crippen molar-refractivity contribution >= 4 is 11.6 Å². The Labute approximate surface area is 196 Å². The highest BCUT2D eigenvalue weighted by Gasteiger charge is 2.21. The standard InChI is InChI=1S/C26H24FN5O2/c1-15-13-19(14-16(2)30-15)23-22(17-6-9-20(27)10-7-17)32-25(28)24(31-23)21(33)11-8-18-5-4-12-29-26(18)34-3/h4-7,9-10,12-14H,8,11H2,1-3H3,(H2,28,32). The highest BCUT2D eigenvalue weighted by Crippen LogP contribution is 2.32. The molecule has 0 aliphatic heterocycles. The Balaban J connectivity index is 1.76. The fraction of sp³-hybridized carbons (Fsp3) is 0.192. The van der Waals surface area contributed by atoms with Crippen LogP contribution in [0.1, 0.15) is 33.9 Å². The highest BCUT2D eigenvalue weighted by molar-refractivity contribution is 5.99. The number of ether oxygens (including phenoxy) is 1. The highest BCUT2D eigenvalue weighted by atomic mass is 19.1. The van der Waals surface area contributed by atoms with Gasteiger partial charge in [0, 0.05) is 40.7 Å². The van der Waals surface area contributed by atoms with Crippen molar-refractivity contribution in [2.75, 3.05) is 12.8 Å². The van der Waals surface area contributed by atoms with Gasteiger partial charge in [-0.15, -0.1) is 0 Å². The number of rotatable bonds is 7. The molecule has 7 nitrogen and oxygen atoms in total. The van der Waals surface area contributed by atoms with Gasteiger partial charge in [-0.25, -0.2) is 19.3 Å². The molecule has 0 fully saturated rings. The number of aryl methyl sites for hydroxylation is 3. The number of Topliss-reactive ketones (excluding diaryl/α,β-unsaturated/α-hetero) is 1. The number of nitrogen functional groups attached to an aromatic ring is 1. The van der Waals surface area contributed by atoms with Crippen LogP contribution in [0, 0.1) is 19.7 Å². The predicted octanol–water partition coefficient (Wildman–Crippen LogP) is 4.76. The topological polar surface area (TPSA) is 104 Å². The summed E-state index contributed by atoms with van der Waals surface area (Å²) in [4.78, 5) is 30.9. The van der Waals surface area contributed by atoms with Gasteiger partial charge in [0.05, 0.1) is 18.5 Å². The van der Waals surface area contributed by atoms with Gasteiger partial charge in [0.2, 0.25) is 5.88 Å². The third-order valence-corrected chi connectivity index (χ3v) is 5.32. The molecule has 2 N–H and O–H groups in total. The molecule has 8 heteroatoms. The SMILES string of the molecule is COc1ncccc1CCC(=O)c1nc(-c2cc(C)nc(C)c2)c(-c2ccc(F)cc2)nc1N. The van der Waals surface area contributed by atoms with Crippen LogP contribution >= 0.6 is 0 Å². The molecule has 0 bridgehead atoms. The molecule has 0 saturated heterocycles. The van der Waals surface area contributed by atoms with E-state index in [0.717, 1.165) is 22.5 Å². The van der Waals surface area contributed by atoms with E-state index < -0.39 is 0 Å². The molecule has 4 aromatic rings. The summed E-state index contributed by atoms with van der Waals surface area (Å²) in [5.41, 5.74) is 11.1. The second-order valence-electron chi connectivity index (χ2n) is 7.90. The molecule has 0 spiro atoms. The lowest BCUT2D eigenvalue weighted by Crippen LogP contribution is -2.12. The van der Waals surface area contributed by atoms with Gasteiger partial charge < -0.3 is 10.5 Å². The fourth-order valence-corrected chi connectivity index (χ4v) is 3.80. The van der Waals surface area contributed by atoms with Gasteiger partial charge in [0.1, 0.15) is 11.5 Å². The number of pyridine rings is 2. The van der Waals surface area contributed by atoms with E-state index in [4.69, 9.17) is 10.5 Å². The first-order chi connectivity index (χ1) is 16.4. The molecule has 0 unspecified atom stereocenters. The molecule has 4 rings (SSSR count). The van der Waals surface area contributed by atoms with E-state index in [0.29, 0.717) is 29.3 Å². The minimum atomic E-state index is -0.362. The van der Waals surface area contributed by atoms with Gasteiger partial charge in [0.25, 0.3) is 0 Å². The summed E-state index contributed by atoms with van der Waals surface area (Å²) >= 11 is 0. The number of methoxy groups -OCH3 is 1. The van der Waals surface area contributed by atoms with Crippen LogP contribution in [0.25, 0.3) is 22.5 Å². The average Bonchev–Trinajstić information content (AvgIpc) is 2.82. The van der Waals surface area contributed by atoms with E-state index in [9.17, 15) is 9.18 Å². The van der Waals surface area contributed by atoms with Crippen molar-refractivity contribution in [1.82, 2.24) is 19.9 Å². The van der Waals surface area contributed by atoms with Gasteiger partial charge >= 0.3 is 0 Å². The molecule has 0 aliphatic rings. The van der Waals surface area contributed by atoms with Gasteiger partial charge in [-0.1, -0.05) is 6.07 Å². The molecule has 172 valence electrons. The second kappa shape index (κ2) is 9.74. The first-order valence-corrected chi connectivity index (χ1v) is 10.8. The Morgan fingerprint density at radius 3 is 2.32 bits per heavy atom. The van der Waals surface area contributed by atoms with Crippen LogP contribution in [-0.4, -0.2) is 32.8 Å². The fourth-order valence-electron chi connectivity index (χ4n) is 3.80. The van der Waals surface area contributed by atoms with E-state index in [-0.39, 0.29) is 29.5 Å². The molecule has 0 aliphatic carbocycles. The van der Waals surface area contributed by atoms with Gasteiger partial charge in [0.15, 0.2) is 11.6 Å². The third kappa shape index (κ3) is 4.91. The Hall–Kier alpha value is -4.20. The molecular formula is C26H24FN5O2. The summed E-state index contributed by atoms with van der Waals surface area (Å²) in [6.07, 6.45) is 2.21. The number of nitrogens with two attached hydrogens (primary N) is 1. The molecule has 34 heavy (non-hydrogen) atoms. The van der Waals surface area contributed by atoms with Crippen molar-refractivity contribution in [2.24, 2.45) is 0 Å². The average molecular weight is 458 g/mol. The number of nitrogens with zero attached hydrogens (tertiary/aromatic N) is 4. The quantitative estimate of drug-likeness (QED) is 0.399. The first-order valence-electron chi connectivity index (χ1n) is 10.8. The van der Waals surface area contributed by atoms with E-state index >= 15 is 0 Å². The molecule has 0 amide bonds. The monoisotopic (exact) mass is 457 g/mol. The molecule has 0 radical (unpaired) electrons. The van der Waals surface area contributed by atoms with Crippen molar-refractivity contribution in [3.63, 3.8) is 0 Å². The first kappa shape index (κ1) is 23.0.